The van der Waals surface area contributed by atoms with E-state index in [1.165, 1.54) is 5.56 Å². The number of aryl methyl sites for hydroxylation is 1. The molecule has 0 atom stereocenters. The fraction of sp³-hybridized carbons (Fsp3) is 0.636. The van der Waals surface area contributed by atoms with Crippen LogP contribution in [-0.2, 0) is 13.0 Å². The minimum Gasteiger partial charge on any atom is -0.468 e. The van der Waals surface area contributed by atoms with E-state index in [4.69, 9.17) is 10.2 Å². The minimum absolute atomic E-state index is 0.500. The first-order valence-corrected chi connectivity index (χ1v) is 5.13. The molecule has 0 amide bonds. The van der Waals surface area contributed by atoms with E-state index in [1.807, 2.05) is 33.8 Å². The predicted octanol–water partition coefficient (Wildman–Crippen LogP) is 3.35. The van der Waals surface area contributed by atoms with E-state index in [9.17, 15) is 0 Å². The molecule has 1 aromatic rings. The second-order valence-corrected chi connectivity index (χ2v) is 1.98. The normalized spacial score (nSPS) is 7.85. The first-order valence-electron chi connectivity index (χ1n) is 5.13. The summed E-state index contributed by atoms with van der Waals surface area (Å²) < 4.78 is 5.08. The lowest BCUT2D eigenvalue weighted by Gasteiger charge is -1.81. The highest BCUT2D eigenvalue weighted by atomic mass is 16.3. The van der Waals surface area contributed by atoms with Gasteiger partial charge in [-0.25, -0.2) is 0 Å². The number of furan rings is 1. The summed E-state index contributed by atoms with van der Waals surface area (Å²) in [5, 5.41) is 0. The minimum atomic E-state index is 0.500. The van der Waals surface area contributed by atoms with E-state index in [-0.39, 0.29) is 0 Å². The van der Waals surface area contributed by atoms with Crippen molar-refractivity contribution in [2.45, 2.75) is 47.6 Å². The summed E-state index contributed by atoms with van der Waals surface area (Å²) >= 11 is 0. The van der Waals surface area contributed by atoms with Crippen LogP contribution in [0.1, 0.15) is 45.9 Å². The van der Waals surface area contributed by atoms with E-state index >= 15 is 0 Å². The molecule has 2 nitrogen and oxygen atoms in total. The van der Waals surface area contributed by atoms with Gasteiger partial charge in [-0.1, -0.05) is 34.6 Å². The Kier molecular flexibility index (Phi) is 12.8. The molecule has 1 heterocycles. The Morgan fingerprint density at radius 1 is 1.23 bits per heavy atom. The molecule has 2 N–H and O–H groups in total. The maximum atomic E-state index is 5.32. The summed E-state index contributed by atoms with van der Waals surface area (Å²) in [7, 11) is 0. The van der Waals surface area contributed by atoms with Gasteiger partial charge >= 0.3 is 0 Å². The molecule has 0 saturated heterocycles. The number of hydrogen-bond donors (Lipinski definition) is 1. The first kappa shape index (κ1) is 14.7. The Balaban J connectivity index is 0. The summed E-state index contributed by atoms with van der Waals surface area (Å²) in [5.41, 5.74) is 6.54. The maximum Gasteiger partial charge on any atom is 0.117 e. The molecule has 0 aliphatic rings. The molecule has 0 bridgehead atoms. The SMILES string of the molecule is CC.CC.CCc1coc(CN)c1. The zero-order chi connectivity index (χ0) is 10.7. The van der Waals surface area contributed by atoms with Crippen molar-refractivity contribution < 1.29 is 4.42 Å². The fourth-order valence-corrected chi connectivity index (χ4v) is 0.719. The maximum absolute atomic E-state index is 5.32. The summed E-state index contributed by atoms with van der Waals surface area (Å²) in [4.78, 5) is 0. The highest BCUT2D eigenvalue weighted by molar-refractivity contribution is 5.11. The van der Waals surface area contributed by atoms with E-state index in [0.717, 1.165) is 12.2 Å². The highest BCUT2D eigenvalue weighted by Crippen LogP contribution is 2.06. The number of hydrogen-bond acceptors (Lipinski definition) is 2. The third kappa shape index (κ3) is 6.41. The summed E-state index contributed by atoms with van der Waals surface area (Å²) in [6, 6.07) is 1.99. The average Bonchev–Trinajstić information content (AvgIpc) is 2.71. The number of rotatable bonds is 2. The van der Waals surface area contributed by atoms with Crippen LogP contribution >= 0.6 is 0 Å². The van der Waals surface area contributed by atoms with Crippen molar-refractivity contribution in [3.63, 3.8) is 0 Å². The van der Waals surface area contributed by atoms with Crippen molar-refractivity contribution in [3.05, 3.63) is 23.7 Å². The molecule has 78 valence electrons. The predicted molar refractivity (Wildman–Crippen MR) is 58.7 cm³/mol. The second kappa shape index (κ2) is 11.2. The Hall–Kier alpha value is -0.760. The van der Waals surface area contributed by atoms with E-state index in [1.54, 1.807) is 6.26 Å². The van der Waals surface area contributed by atoms with Crippen LogP contribution in [0, 0.1) is 0 Å². The van der Waals surface area contributed by atoms with Crippen molar-refractivity contribution >= 4 is 0 Å². The lowest BCUT2D eigenvalue weighted by Crippen LogP contribution is -1.92. The van der Waals surface area contributed by atoms with E-state index in [0.29, 0.717) is 6.54 Å². The Bertz CT molecular complexity index is 163. The first-order chi connectivity index (χ1) is 6.36. The smallest absolute Gasteiger partial charge is 0.117 e. The average molecular weight is 185 g/mol. The molecule has 2 heteroatoms. The molecular weight excluding hydrogens is 162 g/mol. The molecule has 1 aromatic heterocycles. The highest BCUT2D eigenvalue weighted by Gasteiger charge is 1.95. The summed E-state index contributed by atoms with van der Waals surface area (Å²) in [5.74, 6) is 0.867. The zero-order valence-electron chi connectivity index (χ0n) is 9.55. The topological polar surface area (TPSA) is 39.2 Å². The van der Waals surface area contributed by atoms with E-state index < -0.39 is 0 Å². The van der Waals surface area contributed by atoms with Gasteiger partial charge in [-0.3, -0.25) is 0 Å². The fourth-order valence-electron chi connectivity index (χ4n) is 0.719. The van der Waals surface area contributed by atoms with Crippen molar-refractivity contribution in [2.24, 2.45) is 5.73 Å². The van der Waals surface area contributed by atoms with Gasteiger partial charge in [-0.2, -0.15) is 0 Å². The molecule has 0 fully saturated rings. The third-order valence-corrected chi connectivity index (χ3v) is 1.32. The van der Waals surface area contributed by atoms with Gasteiger partial charge in [0.25, 0.3) is 0 Å². The summed E-state index contributed by atoms with van der Waals surface area (Å²) in [6.07, 6.45) is 2.77. The molecule has 0 aliphatic carbocycles. The van der Waals surface area contributed by atoms with Crippen LogP contribution in [0.15, 0.2) is 16.7 Å². The van der Waals surface area contributed by atoms with Crippen molar-refractivity contribution in [3.8, 4) is 0 Å². The van der Waals surface area contributed by atoms with Gasteiger partial charge in [-0.05, 0) is 18.1 Å². The van der Waals surface area contributed by atoms with Gasteiger partial charge in [0.15, 0.2) is 0 Å². The van der Waals surface area contributed by atoms with Crippen molar-refractivity contribution in [2.75, 3.05) is 0 Å². The molecular formula is C11H23NO. The van der Waals surface area contributed by atoms with Crippen LogP contribution in [0.25, 0.3) is 0 Å². The lowest BCUT2D eigenvalue weighted by atomic mass is 10.2. The van der Waals surface area contributed by atoms with Gasteiger partial charge in [0, 0.05) is 0 Å². The molecule has 13 heavy (non-hydrogen) atoms. The quantitative estimate of drug-likeness (QED) is 0.767. The van der Waals surface area contributed by atoms with E-state index in [2.05, 4.69) is 6.92 Å². The molecule has 0 aromatic carbocycles. The van der Waals surface area contributed by atoms with Crippen LogP contribution in [-0.4, -0.2) is 0 Å². The largest absolute Gasteiger partial charge is 0.468 e. The summed E-state index contributed by atoms with van der Waals surface area (Å²) in [6.45, 7) is 10.6. The van der Waals surface area contributed by atoms with Crippen molar-refractivity contribution in [1.29, 1.82) is 0 Å². The van der Waals surface area contributed by atoms with Gasteiger partial charge in [0.05, 0.1) is 12.8 Å². The van der Waals surface area contributed by atoms with Crippen LogP contribution in [0.3, 0.4) is 0 Å². The Labute approximate surface area is 82.1 Å². The molecule has 1 rings (SSSR count). The Morgan fingerprint density at radius 3 is 2.00 bits per heavy atom. The van der Waals surface area contributed by atoms with Crippen LogP contribution in [0.4, 0.5) is 0 Å². The standard InChI is InChI=1S/C7H11NO.2C2H6/c1-2-6-3-7(4-8)9-5-6;2*1-2/h3,5H,2,4,8H2,1H3;2*1-2H3. The molecule has 0 radical (unpaired) electrons. The second-order valence-electron chi connectivity index (χ2n) is 1.98. The van der Waals surface area contributed by atoms with Crippen LogP contribution in [0.2, 0.25) is 0 Å². The Morgan fingerprint density at radius 2 is 1.77 bits per heavy atom. The van der Waals surface area contributed by atoms with Gasteiger partial charge < -0.3 is 10.2 Å². The van der Waals surface area contributed by atoms with Gasteiger partial charge in [-0.15, -0.1) is 0 Å². The zero-order valence-corrected chi connectivity index (χ0v) is 9.55. The monoisotopic (exact) mass is 185 g/mol. The molecule has 0 spiro atoms. The number of nitrogens with two attached hydrogens (primary N) is 1. The third-order valence-electron chi connectivity index (χ3n) is 1.32. The van der Waals surface area contributed by atoms with Gasteiger partial charge in [0.2, 0.25) is 0 Å². The molecule has 0 saturated carbocycles. The lowest BCUT2D eigenvalue weighted by molar-refractivity contribution is 0.510. The van der Waals surface area contributed by atoms with Crippen molar-refractivity contribution in [1.82, 2.24) is 0 Å². The molecule has 0 aliphatic heterocycles. The molecule has 0 unspecified atom stereocenters. The van der Waals surface area contributed by atoms with Crippen LogP contribution < -0.4 is 5.73 Å². The van der Waals surface area contributed by atoms with Gasteiger partial charge in [0.1, 0.15) is 5.76 Å². The van der Waals surface area contributed by atoms with Crippen LogP contribution in [0.5, 0.6) is 0 Å².